The molecule has 0 radical (unpaired) electrons. The van der Waals surface area contributed by atoms with E-state index in [0.717, 1.165) is 31.3 Å². The molecule has 0 saturated heterocycles. The van der Waals surface area contributed by atoms with Gasteiger partial charge in [-0.25, -0.2) is 13.2 Å². The predicted molar refractivity (Wildman–Crippen MR) is 109 cm³/mol. The van der Waals surface area contributed by atoms with Gasteiger partial charge in [0.1, 0.15) is 0 Å². The number of thiophene rings is 1. The van der Waals surface area contributed by atoms with Crippen molar-refractivity contribution in [2.45, 2.75) is 40.3 Å². The van der Waals surface area contributed by atoms with Gasteiger partial charge in [-0.3, -0.25) is 0 Å². The fraction of sp³-hybridized carbons (Fsp3) is 0.353. The van der Waals surface area contributed by atoms with Crippen LogP contribution < -0.4 is 5.32 Å². The fourth-order valence-electron chi connectivity index (χ4n) is 1.95. The van der Waals surface area contributed by atoms with Crippen molar-refractivity contribution in [1.82, 2.24) is 5.32 Å². The Morgan fingerprint density at radius 2 is 2.08 bits per heavy atom. The molecule has 0 aliphatic carbocycles. The number of hydrogen-bond donors (Lipinski definition) is 1. The minimum atomic E-state index is -3.26. The molecule has 142 valence electrons. The third-order valence-electron chi connectivity index (χ3n) is 3.27. The lowest BCUT2D eigenvalue weighted by atomic mass is 10.4. The van der Waals surface area contributed by atoms with Crippen molar-refractivity contribution in [3.8, 4) is 0 Å². The number of benzene rings is 1. The summed E-state index contributed by atoms with van der Waals surface area (Å²) in [6.45, 7) is 2.87. The first-order valence-corrected chi connectivity index (χ1v) is 12.3. The van der Waals surface area contributed by atoms with Gasteiger partial charge in [-0.1, -0.05) is 41.0 Å². The van der Waals surface area contributed by atoms with Gasteiger partial charge in [0, 0.05) is 20.5 Å². The highest BCUT2D eigenvalue weighted by Gasteiger charge is 2.11. The molecule has 0 aliphatic heterocycles. The molecule has 1 aromatic carbocycles. The highest BCUT2D eigenvalue weighted by Crippen LogP contribution is 2.36. The molecule has 1 N–H and O–H groups in total. The molecule has 0 unspecified atom stereocenters. The fourth-order valence-corrected chi connectivity index (χ4v) is 5.70. The second-order valence-corrected chi connectivity index (χ2v) is 11.0. The SMILES string of the molecule is CCCCOC(=O)NCc1ccc(Sc2cc(Br)cc(S(C)(=O)=O)c2)s1. The molecular weight excluding hydrogens is 458 g/mol. The van der Waals surface area contributed by atoms with Gasteiger partial charge in [-0.05, 0) is 36.8 Å². The quantitative estimate of drug-likeness (QED) is 0.535. The molecular formula is C17H20BrNO4S3. The van der Waals surface area contributed by atoms with Crippen molar-refractivity contribution >= 4 is 55.0 Å². The third kappa shape index (κ3) is 6.94. The largest absolute Gasteiger partial charge is 0.450 e. The average Bonchev–Trinajstić information content (AvgIpc) is 2.99. The van der Waals surface area contributed by atoms with Gasteiger partial charge in [0.25, 0.3) is 0 Å². The van der Waals surface area contributed by atoms with E-state index in [1.165, 1.54) is 18.0 Å². The number of sulfone groups is 1. The topological polar surface area (TPSA) is 72.5 Å². The lowest BCUT2D eigenvalue weighted by Gasteiger charge is -2.05. The predicted octanol–water partition coefficient (Wildman–Crippen LogP) is 5.09. The summed E-state index contributed by atoms with van der Waals surface area (Å²) >= 11 is 6.38. The molecule has 2 aromatic rings. The van der Waals surface area contributed by atoms with E-state index in [-0.39, 0.29) is 4.90 Å². The number of hydrogen-bond acceptors (Lipinski definition) is 6. The van der Waals surface area contributed by atoms with Gasteiger partial charge in [-0.15, -0.1) is 11.3 Å². The summed E-state index contributed by atoms with van der Waals surface area (Å²) in [5.41, 5.74) is 0. The van der Waals surface area contributed by atoms with E-state index in [9.17, 15) is 13.2 Å². The van der Waals surface area contributed by atoms with Crippen molar-refractivity contribution in [1.29, 1.82) is 0 Å². The van der Waals surface area contributed by atoms with Crippen molar-refractivity contribution in [2.24, 2.45) is 0 Å². The molecule has 0 spiro atoms. The van der Waals surface area contributed by atoms with E-state index in [2.05, 4.69) is 21.2 Å². The van der Waals surface area contributed by atoms with Crippen LogP contribution in [0.25, 0.3) is 0 Å². The standard InChI is InChI=1S/C17H20BrNO4S3/c1-3-4-7-23-17(20)19-11-13-5-6-16(24-13)25-14-8-12(18)9-15(10-14)26(2,21)22/h5-6,8-10H,3-4,7,11H2,1-2H3,(H,19,20). The average molecular weight is 478 g/mol. The third-order valence-corrected chi connectivity index (χ3v) is 7.00. The maximum atomic E-state index is 11.8. The van der Waals surface area contributed by atoms with Gasteiger partial charge in [0.2, 0.25) is 0 Å². The Morgan fingerprint density at radius 1 is 1.31 bits per heavy atom. The summed E-state index contributed by atoms with van der Waals surface area (Å²) in [4.78, 5) is 13.7. The molecule has 0 fully saturated rings. The molecule has 1 aromatic heterocycles. The number of carbonyl (C=O) groups excluding carboxylic acids is 1. The molecule has 2 rings (SSSR count). The maximum Gasteiger partial charge on any atom is 0.407 e. The van der Waals surface area contributed by atoms with Crippen LogP contribution in [0.15, 0.2) is 48.8 Å². The molecule has 9 heteroatoms. The van der Waals surface area contributed by atoms with Crippen LogP contribution in [-0.4, -0.2) is 27.4 Å². The lowest BCUT2D eigenvalue weighted by Crippen LogP contribution is -2.23. The van der Waals surface area contributed by atoms with E-state index < -0.39 is 15.9 Å². The van der Waals surface area contributed by atoms with Crippen molar-refractivity contribution in [3.05, 3.63) is 39.7 Å². The summed E-state index contributed by atoms with van der Waals surface area (Å²) in [5, 5.41) is 2.73. The Kier molecular flexibility index (Phi) is 8.00. The smallest absolute Gasteiger partial charge is 0.407 e. The first-order chi connectivity index (χ1) is 12.3. The monoisotopic (exact) mass is 477 g/mol. The van der Waals surface area contributed by atoms with Crippen LogP contribution in [-0.2, 0) is 21.1 Å². The molecule has 0 aliphatic rings. The van der Waals surface area contributed by atoms with Gasteiger partial charge < -0.3 is 10.1 Å². The highest BCUT2D eigenvalue weighted by molar-refractivity contribution is 9.10. The first kappa shape index (κ1) is 21.3. The summed E-state index contributed by atoms with van der Waals surface area (Å²) in [7, 11) is -3.26. The second kappa shape index (κ2) is 9.77. The van der Waals surface area contributed by atoms with Gasteiger partial charge in [0.05, 0.1) is 22.3 Å². The van der Waals surface area contributed by atoms with Crippen molar-refractivity contribution in [3.63, 3.8) is 0 Å². The zero-order valence-corrected chi connectivity index (χ0v) is 18.5. The number of rotatable bonds is 8. The van der Waals surface area contributed by atoms with Crippen LogP contribution in [0.4, 0.5) is 4.79 Å². The van der Waals surface area contributed by atoms with Crippen LogP contribution in [0, 0.1) is 0 Å². The number of ether oxygens (including phenoxy) is 1. The van der Waals surface area contributed by atoms with Crippen LogP contribution >= 0.6 is 39.0 Å². The van der Waals surface area contributed by atoms with Crippen LogP contribution in [0.1, 0.15) is 24.6 Å². The van der Waals surface area contributed by atoms with E-state index in [1.807, 2.05) is 25.1 Å². The Labute approximate surface area is 170 Å². The summed E-state index contributed by atoms with van der Waals surface area (Å²) in [6.07, 6.45) is 2.62. The van der Waals surface area contributed by atoms with E-state index in [4.69, 9.17) is 4.74 Å². The molecule has 5 nitrogen and oxygen atoms in total. The molecule has 0 bridgehead atoms. The minimum absolute atomic E-state index is 0.280. The zero-order chi connectivity index (χ0) is 19.2. The minimum Gasteiger partial charge on any atom is -0.450 e. The van der Waals surface area contributed by atoms with Gasteiger partial charge in [-0.2, -0.15) is 0 Å². The van der Waals surface area contributed by atoms with E-state index >= 15 is 0 Å². The lowest BCUT2D eigenvalue weighted by molar-refractivity contribution is 0.144. The second-order valence-electron chi connectivity index (χ2n) is 5.56. The first-order valence-electron chi connectivity index (χ1n) is 7.96. The molecule has 0 saturated carbocycles. The number of amides is 1. The van der Waals surface area contributed by atoms with Crippen molar-refractivity contribution in [2.75, 3.05) is 12.9 Å². The molecule has 26 heavy (non-hydrogen) atoms. The Morgan fingerprint density at radius 3 is 2.77 bits per heavy atom. The van der Waals surface area contributed by atoms with Gasteiger partial charge in [0.15, 0.2) is 9.84 Å². The summed E-state index contributed by atoms with van der Waals surface area (Å²) in [6, 6.07) is 9.02. The normalized spacial score (nSPS) is 11.3. The Bertz CT molecular complexity index is 865. The number of nitrogens with one attached hydrogen (secondary N) is 1. The van der Waals surface area contributed by atoms with Crippen LogP contribution in [0.2, 0.25) is 0 Å². The highest BCUT2D eigenvalue weighted by atomic mass is 79.9. The van der Waals surface area contributed by atoms with Crippen LogP contribution in [0.3, 0.4) is 0 Å². The molecule has 1 heterocycles. The number of unbranched alkanes of at least 4 members (excludes halogenated alkanes) is 1. The van der Waals surface area contributed by atoms with E-state index in [1.54, 1.807) is 23.5 Å². The molecule has 1 amide bonds. The number of carbonyl (C=O) groups is 1. The van der Waals surface area contributed by atoms with E-state index in [0.29, 0.717) is 13.2 Å². The zero-order valence-electron chi connectivity index (χ0n) is 14.5. The number of halogens is 1. The maximum absolute atomic E-state index is 11.8. The molecule has 0 atom stereocenters. The number of alkyl carbamates (subject to hydrolysis) is 1. The van der Waals surface area contributed by atoms with Crippen LogP contribution in [0.5, 0.6) is 0 Å². The summed E-state index contributed by atoms with van der Waals surface area (Å²) < 4.78 is 30.3. The van der Waals surface area contributed by atoms with Crippen molar-refractivity contribution < 1.29 is 17.9 Å². The van der Waals surface area contributed by atoms with Gasteiger partial charge >= 0.3 is 6.09 Å². The Hall–Kier alpha value is -1.03. The summed E-state index contributed by atoms with van der Waals surface area (Å²) in [5.74, 6) is 0. The Balaban J connectivity index is 1.96.